The van der Waals surface area contributed by atoms with E-state index in [9.17, 15) is 0 Å². The van der Waals surface area contributed by atoms with Crippen molar-refractivity contribution in [3.63, 3.8) is 0 Å². The topological polar surface area (TPSA) is 39.1 Å². The van der Waals surface area contributed by atoms with Crippen LogP contribution in [0.25, 0.3) is 5.69 Å². The first-order valence-corrected chi connectivity index (χ1v) is 10.3. The Morgan fingerprint density at radius 1 is 1.07 bits per heavy atom. The average molecular weight is 376 g/mol. The molecule has 28 heavy (non-hydrogen) atoms. The minimum absolute atomic E-state index is 0.206. The third-order valence-electron chi connectivity index (χ3n) is 5.68. The Morgan fingerprint density at radius 3 is 2.57 bits per heavy atom. The molecule has 0 radical (unpaired) electrons. The van der Waals surface area contributed by atoms with E-state index < -0.39 is 0 Å². The van der Waals surface area contributed by atoms with E-state index in [2.05, 4.69) is 60.7 Å². The first-order chi connectivity index (χ1) is 13.7. The molecule has 0 amide bonds. The number of aromatic nitrogens is 2. The van der Waals surface area contributed by atoms with Crippen LogP contribution in [-0.2, 0) is 6.54 Å². The standard InChI is InChI=1S/C24H29N3O/c1-18(23-17-26-27(19(23)2)21-11-4-3-5-12-21)25-16-20-10-6-9-15-24(20)28-22-13-7-8-14-22/h3-6,9-12,15,17-18,22,25H,7-8,13-14,16H2,1-2H3/t18-/m0/s1. The fourth-order valence-corrected chi connectivity index (χ4v) is 4.00. The number of nitrogens with zero attached hydrogens (tertiary/aromatic N) is 2. The first kappa shape index (κ1) is 18.8. The summed E-state index contributed by atoms with van der Waals surface area (Å²) in [7, 11) is 0. The Balaban J connectivity index is 1.44. The molecule has 0 saturated heterocycles. The van der Waals surface area contributed by atoms with Gasteiger partial charge in [0.05, 0.1) is 18.0 Å². The van der Waals surface area contributed by atoms with Crippen molar-refractivity contribution < 1.29 is 4.74 Å². The highest BCUT2D eigenvalue weighted by Gasteiger charge is 2.18. The van der Waals surface area contributed by atoms with E-state index in [1.807, 2.05) is 29.1 Å². The van der Waals surface area contributed by atoms with Gasteiger partial charge in [-0.05, 0) is 57.7 Å². The molecule has 0 spiro atoms. The molecule has 3 aromatic rings. The third kappa shape index (κ3) is 4.12. The summed E-state index contributed by atoms with van der Waals surface area (Å²) in [4.78, 5) is 0. The van der Waals surface area contributed by atoms with Gasteiger partial charge in [-0.25, -0.2) is 4.68 Å². The summed E-state index contributed by atoms with van der Waals surface area (Å²) in [5, 5.41) is 8.25. The smallest absolute Gasteiger partial charge is 0.124 e. The zero-order valence-electron chi connectivity index (χ0n) is 16.8. The highest BCUT2D eigenvalue weighted by molar-refractivity contribution is 5.36. The molecule has 1 fully saturated rings. The van der Waals surface area contributed by atoms with Crippen LogP contribution in [0, 0.1) is 6.92 Å². The highest BCUT2D eigenvalue weighted by Crippen LogP contribution is 2.27. The molecule has 1 heterocycles. The molecule has 0 bridgehead atoms. The zero-order valence-corrected chi connectivity index (χ0v) is 16.8. The lowest BCUT2D eigenvalue weighted by atomic mass is 10.1. The van der Waals surface area contributed by atoms with Crippen molar-refractivity contribution in [1.82, 2.24) is 15.1 Å². The van der Waals surface area contributed by atoms with E-state index in [4.69, 9.17) is 4.74 Å². The minimum atomic E-state index is 0.206. The second-order valence-electron chi connectivity index (χ2n) is 7.67. The summed E-state index contributed by atoms with van der Waals surface area (Å²) >= 11 is 0. The molecule has 4 nitrogen and oxygen atoms in total. The number of hydrogen-bond acceptors (Lipinski definition) is 3. The van der Waals surface area contributed by atoms with Gasteiger partial charge in [-0.1, -0.05) is 36.4 Å². The Morgan fingerprint density at radius 2 is 1.79 bits per heavy atom. The monoisotopic (exact) mass is 375 g/mol. The number of rotatable bonds is 7. The van der Waals surface area contributed by atoms with Gasteiger partial charge in [0, 0.05) is 29.4 Å². The van der Waals surface area contributed by atoms with Crippen LogP contribution < -0.4 is 10.1 Å². The summed E-state index contributed by atoms with van der Waals surface area (Å²) in [5.41, 5.74) is 4.70. The average Bonchev–Trinajstić information content (AvgIpc) is 3.37. The summed E-state index contributed by atoms with van der Waals surface area (Å²) in [6, 6.07) is 18.9. The Labute approximate surface area is 167 Å². The SMILES string of the molecule is Cc1c([C@H](C)NCc2ccccc2OC2CCCC2)cnn1-c1ccccc1. The third-order valence-corrected chi connectivity index (χ3v) is 5.68. The Bertz CT molecular complexity index is 897. The van der Waals surface area contributed by atoms with Crippen LogP contribution in [0.2, 0.25) is 0 Å². The lowest BCUT2D eigenvalue weighted by molar-refractivity contribution is 0.207. The highest BCUT2D eigenvalue weighted by atomic mass is 16.5. The number of hydrogen-bond donors (Lipinski definition) is 1. The maximum atomic E-state index is 6.27. The predicted octanol–water partition coefficient (Wildman–Crippen LogP) is 5.35. The van der Waals surface area contributed by atoms with E-state index in [1.165, 1.54) is 42.5 Å². The maximum absolute atomic E-state index is 6.27. The van der Waals surface area contributed by atoms with Gasteiger partial charge in [-0.15, -0.1) is 0 Å². The van der Waals surface area contributed by atoms with Crippen LogP contribution in [0.15, 0.2) is 60.8 Å². The van der Waals surface area contributed by atoms with Crippen LogP contribution in [0.4, 0.5) is 0 Å². The summed E-state index contributed by atoms with van der Waals surface area (Å²) in [6.45, 7) is 5.10. The molecule has 1 aliphatic rings. The van der Waals surface area contributed by atoms with E-state index in [0.29, 0.717) is 6.10 Å². The van der Waals surface area contributed by atoms with Crippen molar-refractivity contribution >= 4 is 0 Å². The van der Waals surface area contributed by atoms with Gasteiger partial charge in [-0.2, -0.15) is 5.10 Å². The van der Waals surface area contributed by atoms with E-state index in [1.54, 1.807) is 0 Å². The normalized spacial score (nSPS) is 15.6. The molecule has 4 rings (SSSR count). The zero-order chi connectivity index (χ0) is 19.3. The van der Waals surface area contributed by atoms with Crippen LogP contribution in [0.1, 0.15) is 55.5 Å². The van der Waals surface area contributed by atoms with Crippen molar-refractivity contribution in [3.05, 3.63) is 77.6 Å². The predicted molar refractivity (Wildman–Crippen MR) is 113 cm³/mol. The molecule has 0 unspecified atom stereocenters. The molecule has 4 heteroatoms. The van der Waals surface area contributed by atoms with Crippen LogP contribution in [0.3, 0.4) is 0 Å². The fourth-order valence-electron chi connectivity index (χ4n) is 4.00. The van der Waals surface area contributed by atoms with Crippen molar-refractivity contribution in [3.8, 4) is 11.4 Å². The Kier molecular flexibility index (Phi) is 5.77. The number of nitrogens with one attached hydrogen (secondary N) is 1. The van der Waals surface area contributed by atoms with Crippen LogP contribution in [-0.4, -0.2) is 15.9 Å². The van der Waals surface area contributed by atoms with Gasteiger partial charge in [-0.3, -0.25) is 0 Å². The quantitative estimate of drug-likeness (QED) is 0.605. The second kappa shape index (κ2) is 8.61. The summed E-state index contributed by atoms with van der Waals surface area (Å²) in [5.74, 6) is 1.02. The maximum Gasteiger partial charge on any atom is 0.124 e. The number of para-hydroxylation sites is 2. The van der Waals surface area contributed by atoms with Gasteiger partial charge >= 0.3 is 0 Å². The largest absolute Gasteiger partial charge is 0.490 e. The van der Waals surface area contributed by atoms with Gasteiger partial charge in [0.2, 0.25) is 0 Å². The van der Waals surface area contributed by atoms with E-state index in [-0.39, 0.29) is 6.04 Å². The second-order valence-corrected chi connectivity index (χ2v) is 7.67. The molecule has 1 N–H and O–H groups in total. The molecule has 1 aliphatic carbocycles. The van der Waals surface area contributed by atoms with E-state index >= 15 is 0 Å². The van der Waals surface area contributed by atoms with E-state index in [0.717, 1.165) is 18.0 Å². The van der Waals surface area contributed by atoms with Crippen molar-refractivity contribution in [2.24, 2.45) is 0 Å². The lowest BCUT2D eigenvalue weighted by Gasteiger charge is -2.19. The minimum Gasteiger partial charge on any atom is -0.490 e. The van der Waals surface area contributed by atoms with Crippen molar-refractivity contribution in [1.29, 1.82) is 0 Å². The van der Waals surface area contributed by atoms with Gasteiger partial charge in [0.25, 0.3) is 0 Å². The molecule has 1 atom stereocenters. The fraction of sp³-hybridized carbons (Fsp3) is 0.375. The van der Waals surface area contributed by atoms with Gasteiger partial charge in [0.15, 0.2) is 0 Å². The first-order valence-electron chi connectivity index (χ1n) is 10.3. The molecular formula is C24H29N3O. The number of ether oxygens (including phenoxy) is 1. The van der Waals surface area contributed by atoms with Gasteiger partial charge in [0.1, 0.15) is 5.75 Å². The molecule has 0 aliphatic heterocycles. The molecule has 1 saturated carbocycles. The van der Waals surface area contributed by atoms with Crippen molar-refractivity contribution in [2.75, 3.05) is 0 Å². The van der Waals surface area contributed by atoms with Crippen molar-refractivity contribution in [2.45, 2.75) is 58.2 Å². The number of benzene rings is 2. The van der Waals surface area contributed by atoms with Crippen LogP contribution >= 0.6 is 0 Å². The molecule has 1 aromatic heterocycles. The Hall–Kier alpha value is -2.59. The molecule has 146 valence electrons. The summed E-state index contributed by atoms with van der Waals surface area (Å²) < 4.78 is 8.28. The van der Waals surface area contributed by atoms with Gasteiger partial charge < -0.3 is 10.1 Å². The van der Waals surface area contributed by atoms with Crippen LogP contribution in [0.5, 0.6) is 5.75 Å². The molecular weight excluding hydrogens is 346 g/mol. The summed E-state index contributed by atoms with van der Waals surface area (Å²) in [6.07, 6.45) is 7.27. The molecule has 2 aromatic carbocycles. The lowest BCUT2D eigenvalue weighted by Crippen LogP contribution is -2.20.